The van der Waals surface area contributed by atoms with E-state index in [0.717, 1.165) is 49.4 Å². The molecule has 10 rings (SSSR count). The summed E-state index contributed by atoms with van der Waals surface area (Å²) in [5, 5.41) is 6.84. The summed E-state index contributed by atoms with van der Waals surface area (Å²) < 4.78 is 9.29. The molecular weight excluding hydrogens is 607 g/mol. The lowest BCUT2D eigenvalue weighted by molar-refractivity contribution is 0.673. The van der Waals surface area contributed by atoms with Gasteiger partial charge in [0, 0.05) is 58.6 Å². The van der Waals surface area contributed by atoms with Crippen LogP contribution in [0.5, 0.6) is 0 Å². The topological polar surface area (TPSA) is 51.8 Å². The number of fused-ring (bicyclic) bond motifs is 8. The van der Waals surface area contributed by atoms with E-state index < -0.39 is 0 Å². The highest BCUT2D eigenvalue weighted by Crippen LogP contribution is 2.46. The second-order valence-electron chi connectivity index (χ2n) is 11.9. The number of hydrogen-bond acceptors (Lipinski definition) is 5. The van der Waals surface area contributed by atoms with Crippen molar-refractivity contribution in [3.05, 3.63) is 152 Å². The van der Waals surface area contributed by atoms with Crippen LogP contribution >= 0.6 is 11.3 Å². The fourth-order valence-electron chi connectivity index (χ4n) is 6.95. The first-order valence-electron chi connectivity index (χ1n) is 15.9. The fraction of sp³-hybridized carbons (Fsp3) is 0. The first kappa shape index (κ1) is 27.0. The van der Waals surface area contributed by atoms with Gasteiger partial charge in [-0.05, 0) is 29.1 Å². The molecule has 224 valence electrons. The van der Waals surface area contributed by atoms with Crippen LogP contribution < -0.4 is 0 Å². The van der Waals surface area contributed by atoms with Gasteiger partial charge in [-0.25, -0.2) is 15.0 Å². The van der Waals surface area contributed by atoms with Crippen molar-refractivity contribution in [3.8, 4) is 45.3 Å². The zero-order valence-electron chi connectivity index (χ0n) is 25.6. The average molecular weight is 632 g/mol. The van der Waals surface area contributed by atoms with E-state index in [4.69, 9.17) is 19.4 Å². The maximum absolute atomic E-state index is 6.72. The van der Waals surface area contributed by atoms with Gasteiger partial charge >= 0.3 is 0 Å². The maximum atomic E-state index is 6.72. The number of nitrogens with zero attached hydrogens (tertiary/aromatic N) is 3. The SMILES string of the molecule is c1ccc(-c2nc(-c3ccccc3)nc(-c3cccc4oc5c6ccccc6c(-c6cccc7c6sc6ccccc67)cc5c34)n2)cc1. The lowest BCUT2D eigenvalue weighted by atomic mass is 9.93. The number of furan rings is 1. The minimum Gasteiger partial charge on any atom is -0.455 e. The minimum absolute atomic E-state index is 0.609. The predicted octanol–water partition coefficient (Wildman–Crippen LogP) is 12.0. The molecule has 0 aliphatic heterocycles. The van der Waals surface area contributed by atoms with Crippen LogP contribution in [-0.2, 0) is 0 Å². The van der Waals surface area contributed by atoms with E-state index in [1.807, 2.05) is 84.1 Å². The smallest absolute Gasteiger partial charge is 0.164 e. The van der Waals surface area contributed by atoms with E-state index in [0.29, 0.717) is 17.5 Å². The van der Waals surface area contributed by atoms with Crippen molar-refractivity contribution in [2.75, 3.05) is 0 Å². The second-order valence-corrected chi connectivity index (χ2v) is 13.0. The number of hydrogen-bond donors (Lipinski definition) is 0. The lowest BCUT2D eigenvalue weighted by Crippen LogP contribution is -2.00. The van der Waals surface area contributed by atoms with E-state index in [2.05, 4.69) is 78.9 Å². The van der Waals surface area contributed by atoms with Crippen molar-refractivity contribution < 1.29 is 4.42 Å². The molecule has 0 unspecified atom stereocenters. The van der Waals surface area contributed by atoms with E-state index in [1.54, 1.807) is 0 Å². The summed E-state index contributed by atoms with van der Waals surface area (Å²) in [5.74, 6) is 1.87. The third-order valence-electron chi connectivity index (χ3n) is 9.14. The van der Waals surface area contributed by atoms with Gasteiger partial charge in [0.25, 0.3) is 0 Å². The van der Waals surface area contributed by atoms with Crippen molar-refractivity contribution in [3.63, 3.8) is 0 Å². The van der Waals surface area contributed by atoms with Crippen LogP contribution in [0, 0.1) is 0 Å². The molecule has 0 atom stereocenters. The van der Waals surface area contributed by atoms with Crippen molar-refractivity contribution >= 4 is 64.2 Å². The van der Waals surface area contributed by atoms with E-state index in [9.17, 15) is 0 Å². The molecule has 0 saturated heterocycles. The Morgan fingerprint density at radius 3 is 1.75 bits per heavy atom. The first-order valence-corrected chi connectivity index (χ1v) is 16.8. The van der Waals surface area contributed by atoms with Gasteiger partial charge in [-0.2, -0.15) is 0 Å². The molecule has 0 N–H and O–H groups in total. The fourth-order valence-corrected chi connectivity index (χ4v) is 8.18. The summed E-state index contributed by atoms with van der Waals surface area (Å²) >= 11 is 1.85. The van der Waals surface area contributed by atoms with Gasteiger partial charge in [0.1, 0.15) is 11.2 Å². The second kappa shape index (κ2) is 10.7. The quantitative estimate of drug-likeness (QED) is 0.194. The third kappa shape index (κ3) is 4.18. The highest BCUT2D eigenvalue weighted by molar-refractivity contribution is 7.26. The van der Waals surface area contributed by atoms with E-state index in [-0.39, 0.29) is 0 Å². The molecule has 0 aliphatic carbocycles. The summed E-state index contributed by atoms with van der Waals surface area (Å²) in [7, 11) is 0. The normalized spacial score (nSPS) is 11.8. The molecule has 48 heavy (non-hydrogen) atoms. The van der Waals surface area contributed by atoms with Crippen LogP contribution in [-0.4, -0.2) is 15.0 Å². The van der Waals surface area contributed by atoms with Crippen LogP contribution in [0.1, 0.15) is 0 Å². The van der Waals surface area contributed by atoms with Gasteiger partial charge in [-0.15, -0.1) is 11.3 Å². The number of thiophene rings is 1. The van der Waals surface area contributed by atoms with Gasteiger partial charge < -0.3 is 4.42 Å². The monoisotopic (exact) mass is 631 g/mol. The van der Waals surface area contributed by atoms with E-state index in [1.165, 1.54) is 31.3 Å². The molecule has 3 aromatic heterocycles. The Hall–Kier alpha value is -6.17. The molecule has 0 saturated carbocycles. The van der Waals surface area contributed by atoms with Gasteiger partial charge in [-0.3, -0.25) is 0 Å². The molecule has 5 heteroatoms. The summed E-state index contributed by atoms with van der Waals surface area (Å²) in [6, 6.07) is 52.5. The largest absolute Gasteiger partial charge is 0.455 e. The Kier molecular flexibility index (Phi) is 6.01. The van der Waals surface area contributed by atoms with Gasteiger partial charge in [0.05, 0.1) is 0 Å². The van der Waals surface area contributed by atoms with Gasteiger partial charge in [0.2, 0.25) is 0 Å². The molecule has 0 spiro atoms. The van der Waals surface area contributed by atoms with Crippen LogP contribution in [0.4, 0.5) is 0 Å². The molecule has 7 aromatic carbocycles. The van der Waals surface area contributed by atoms with Gasteiger partial charge in [-0.1, -0.05) is 133 Å². The Morgan fingerprint density at radius 1 is 0.417 bits per heavy atom. The number of aromatic nitrogens is 3. The zero-order valence-corrected chi connectivity index (χ0v) is 26.4. The average Bonchev–Trinajstić information content (AvgIpc) is 3.74. The van der Waals surface area contributed by atoms with Crippen molar-refractivity contribution in [2.24, 2.45) is 0 Å². The highest BCUT2D eigenvalue weighted by atomic mass is 32.1. The standard InChI is InChI=1S/C43H25N3OS/c1-3-13-26(14-4-1)41-44-42(27-15-5-2-6-16-27)46-43(45-41)33-22-12-23-36-38(33)35-25-34(28-17-7-8-19-30(28)39(35)47-36)32-21-11-20-31-29-18-9-10-24-37(29)48-40(31)32/h1-25H. The summed E-state index contributed by atoms with van der Waals surface area (Å²) in [6.07, 6.45) is 0. The maximum Gasteiger partial charge on any atom is 0.164 e. The van der Waals surface area contributed by atoms with Crippen molar-refractivity contribution in [1.29, 1.82) is 0 Å². The number of benzene rings is 7. The van der Waals surface area contributed by atoms with Crippen LogP contribution in [0.2, 0.25) is 0 Å². The summed E-state index contributed by atoms with van der Waals surface area (Å²) in [4.78, 5) is 15.1. The predicted molar refractivity (Wildman–Crippen MR) is 199 cm³/mol. The highest BCUT2D eigenvalue weighted by Gasteiger charge is 2.21. The minimum atomic E-state index is 0.609. The van der Waals surface area contributed by atoms with Gasteiger partial charge in [0.15, 0.2) is 17.5 Å². The molecule has 0 bridgehead atoms. The molecule has 0 fully saturated rings. The van der Waals surface area contributed by atoms with Crippen LogP contribution in [0.15, 0.2) is 156 Å². The third-order valence-corrected chi connectivity index (χ3v) is 10.4. The van der Waals surface area contributed by atoms with Crippen LogP contribution in [0.25, 0.3) is 98.2 Å². The van der Waals surface area contributed by atoms with Crippen molar-refractivity contribution in [1.82, 2.24) is 15.0 Å². The Labute approximate surface area is 279 Å². The zero-order chi connectivity index (χ0) is 31.6. The Balaban J connectivity index is 1.28. The molecule has 0 aliphatic rings. The lowest BCUT2D eigenvalue weighted by Gasteiger charge is -2.11. The Bertz CT molecular complexity index is 2780. The Morgan fingerprint density at radius 2 is 1.00 bits per heavy atom. The summed E-state index contributed by atoms with van der Waals surface area (Å²) in [5.41, 5.74) is 6.84. The molecule has 4 nitrogen and oxygen atoms in total. The summed E-state index contributed by atoms with van der Waals surface area (Å²) in [6.45, 7) is 0. The molecule has 0 radical (unpaired) electrons. The first-order chi connectivity index (χ1) is 23.8. The molecule has 3 heterocycles. The molecule has 0 amide bonds. The number of rotatable bonds is 4. The van der Waals surface area contributed by atoms with Crippen LogP contribution in [0.3, 0.4) is 0 Å². The van der Waals surface area contributed by atoms with Crippen molar-refractivity contribution in [2.45, 2.75) is 0 Å². The molecule has 10 aromatic rings. The molecular formula is C43H25N3OS. The van der Waals surface area contributed by atoms with E-state index >= 15 is 0 Å².